The lowest BCUT2D eigenvalue weighted by atomic mass is 10.1. The molecule has 122 valence electrons. The minimum atomic E-state index is 0.00471. The first-order chi connectivity index (χ1) is 11.3. The standard InChI is InChI=1S/C17H22N4O2/c22-17(16-4-11-23-13-16)21(12-15-2-5-18-6-3-15)9-1-8-20-10-7-19-14-20/h2-3,5-7,10,14,16H,1,4,8-9,11-13H2/t16-/m0/s1. The molecule has 0 radical (unpaired) electrons. The van der Waals surface area contributed by atoms with E-state index < -0.39 is 0 Å². The van der Waals surface area contributed by atoms with Gasteiger partial charge < -0.3 is 14.2 Å². The van der Waals surface area contributed by atoms with Crippen LogP contribution in [0.3, 0.4) is 0 Å². The molecule has 0 unspecified atom stereocenters. The first-order valence-electron chi connectivity index (χ1n) is 8.04. The van der Waals surface area contributed by atoms with Gasteiger partial charge in [-0.1, -0.05) is 0 Å². The van der Waals surface area contributed by atoms with Crippen LogP contribution >= 0.6 is 0 Å². The van der Waals surface area contributed by atoms with Gasteiger partial charge in [-0.3, -0.25) is 9.78 Å². The second-order valence-electron chi connectivity index (χ2n) is 5.83. The Morgan fingerprint density at radius 1 is 1.30 bits per heavy atom. The monoisotopic (exact) mass is 314 g/mol. The van der Waals surface area contributed by atoms with Crippen LogP contribution in [0.25, 0.3) is 0 Å². The lowest BCUT2D eigenvalue weighted by molar-refractivity contribution is -0.136. The van der Waals surface area contributed by atoms with Crippen molar-refractivity contribution in [3.05, 3.63) is 48.8 Å². The van der Waals surface area contributed by atoms with E-state index in [0.29, 0.717) is 19.8 Å². The summed E-state index contributed by atoms with van der Waals surface area (Å²) in [6, 6.07) is 3.92. The Morgan fingerprint density at radius 3 is 2.87 bits per heavy atom. The number of amides is 1. The number of carbonyl (C=O) groups excluding carboxylic acids is 1. The Morgan fingerprint density at radius 2 is 2.17 bits per heavy atom. The molecule has 2 aromatic heterocycles. The third-order valence-corrected chi connectivity index (χ3v) is 4.12. The highest BCUT2D eigenvalue weighted by molar-refractivity contribution is 5.79. The molecule has 0 N–H and O–H groups in total. The van der Waals surface area contributed by atoms with Crippen LogP contribution < -0.4 is 0 Å². The molecule has 1 aliphatic heterocycles. The van der Waals surface area contributed by atoms with Crippen molar-refractivity contribution in [3.8, 4) is 0 Å². The lowest BCUT2D eigenvalue weighted by Crippen LogP contribution is -2.37. The van der Waals surface area contributed by atoms with Crippen molar-refractivity contribution in [2.45, 2.75) is 25.9 Å². The number of hydrogen-bond donors (Lipinski definition) is 0. The number of hydrogen-bond acceptors (Lipinski definition) is 4. The van der Waals surface area contributed by atoms with Gasteiger partial charge in [-0.15, -0.1) is 0 Å². The smallest absolute Gasteiger partial charge is 0.228 e. The van der Waals surface area contributed by atoms with Crippen LogP contribution in [0.1, 0.15) is 18.4 Å². The second-order valence-corrected chi connectivity index (χ2v) is 5.83. The number of carbonyl (C=O) groups is 1. The van der Waals surface area contributed by atoms with Crippen molar-refractivity contribution in [1.82, 2.24) is 19.4 Å². The highest BCUT2D eigenvalue weighted by Crippen LogP contribution is 2.17. The zero-order chi connectivity index (χ0) is 15.9. The molecule has 3 heterocycles. The Kier molecular flexibility index (Phi) is 5.37. The summed E-state index contributed by atoms with van der Waals surface area (Å²) in [7, 11) is 0. The van der Waals surface area contributed by atoms with Crippen LogP contribution in [0.15, 0.2) is 43.2 Å². The number of nitrogens with zero attached hydrogens (tertiary/aromatic N) is 4. The van der Waals surface area contributed by atoms with E-state index in [-0.39, 0.29) is 11.8 Å². The van der Waals surface area contributed by atoms with Crippen molar-refractivity contribution >= 4 is 5.91 Å². The number of pyridine rings is 1. The Hall–Kier alpha value is -2.21. The fraction of sp³-hybridized carbons (Fsp3) is 0.471. The summed E-state index contributed by atoms with van der Waals surface area (Å²) < 4.78 is 7.41. The van der Waals surface area contributed by atoms with Crippen molar-refractivity contribution in [1.29, 1.82) is 0 Å². The van der Waals surface area contributed by atoms with Crippen LogP contribution in [0, 0.1) is 5.92 Å². The van der Waals surface area contributed by atoms with Crippen LogP contribution in [-0.4, -0.2) is 45.1 Å². The molecule has 0 bridgehead atoms. The van der Waals surface area contributed by atoms with Gasteiger partial charge in [0, 0.05) is 51.0 Å². The van der Waals surface area contributed by atoms with Gasteiger partial charge in [-0.05, 0) is 30.5 Å². The number of ether oxygens (including phenoxy) is 1. The molecule has 0 aliphatic carbocycles. The topological polar surface area (TPSA) is 60.2 Å². The van der Waals surface area contributed by atoms with Gasteiger partial charge in [0.15, 0.2) is 0 Å². The van der Waals surface area contributed by atoms with Gasteiger partial charge in [0.05, 0.1) is 18.9 Å². The highest BCUT2D eigenvalue weighted by Gasteiger charge is 2.27. The van der Waals surface area contributed by atoms with E-state index in [2.05, 4.69) is 9.97 Å². The van der Waals surface area contributed by atoms with E-state index in [1.165, 1.54) is 0 Å². The van der Waals surface area contributed by atoms with E-state index in [0.717, 1.165) is 31.5 Å². The maximum Gasteiger partial charge on any atom is 0.228 e. The van der Waals surface area contributed by atoms with Gasteiger partial charge in [0.1, 0.15) is 0 Å². The molecular formula is C17H22N4O2. The predicted octanol–water partition coefficient (Wildman–Crippen LogP) is 1.73. The molecule has 2 aromatic rings. The molecule has 0 saturated carbocycles. The van der Waals surface area contributed by atoms with Gasteiger partial charge in [0.2, 0.25) is 5.91 Å². The summed E-state index contributed by atoms with van der Waals surface area (Å²) in [5, 5.41) is 0. The first-order valence-corrected chi connectivity index (χ1v) is 8.04. The summed E-state index contributed by atoms with van der Waals surface area (Å²) in [5.41, 5.74) is 1.11. The van der Waals surface area contributed by atoms with E-state index in [9.17, 15) is 4.79 Å². The average molecular weight is 314 g/mol. The normalized spacial score (nSPS) is 17.3. The summed E-state index contributed by atoms with van der Waals surface area (Å²) >= 11 is 0. The molecule has 6 heteroatoms. The third-order valence-electron chi connectivity index (χ3n) is 4.12. The predicted molar refractivity (Wildman–Crippen MR) is 85.4 cm³/mol. The van der Waals surface area contributed by atoms with Gasteiger partial charge in [-0.2, -0.15) is 0 Å². The molecule has 0 aromatic carbocycles. The second kappa shape index (κ2) is 7.87. The van der Waals surface area contributed by atoms with Crippen LogP contribution in [0.4, 0.5) is 0 Å². The van der Waals surface area contributed by atoms with Crippen molar-refractivity contribution in [3.63, 3.8) is 0 Å². The largest absolute Gasteiger partial charge is 0.381 e. The Bertz CT molecular complexity index is 594. The summed E-state index contributed by atoms with van der Waals surface area (Å²) in [4.78, 5) is 22.8. The maximum absolute atomic E-state index is 12.8. The fourth-order valence-corrected chi connectivity index (χ4v) is 2.83. The van der Waals surface area contributed by atoms with E-state index >= 15 is 0 Å². The Labute approximate surface area is 136 Å². The third kappa shape index (κ3) is 4.39. The van der Waals surface area contributed by atoms with Gasteiger partial charge in [-0.25, -0.2) is 4.98 Å². The van der Waals surface area contributed by atoms with Gasteiger partial charge in [0.25, 0.3) is 0 Å². The number of aromatic nitrogens is 3. The van der Waals surface area contributed by atoms with Gasteiger partial charge >= 0.3 is 0 Å². The lowest BCUT2D eigenvalue weighted by Gasteiger charge is -2.25. The van der Waals surface area contributed by atoms with E-state index in [1.54, 1.807) is 24.9 Å². The summed E-state index contributed by atoms with van der Waals surface area (Å²) in [6.45, 7) is 3.46. The van der Waals surface area contributed by atoms with Crippen molar-refractivity contribution in [2.75, 3.05) is 19.8 Å². The molecule has 23 heavy (non-hydrogen) atoms. The first kappa shape index (κ1) is 15.7. The van der Waals surface area contributed by atoms with Crippen LogP contribution in [-0.2, 0) is 22.6 Å². The number of imidazole rings is 1. The molecule has 1 amide bonds. The molecule has 6 nitrogen and oxygen atoms in total. The number of aryl methyl sites for hydroxylation is 1. The molecule has 1 fully saturated rings. The van der Waals surface area contributed by atoms with Crippen molar-refractivity contribution < 1.29 is 9.53 Å². The minimum absolute atomic E-state index is 0.00471. The van der Waals surface area contributed by atoms with Crippen LogP contribution in [0.2, 0.25) is 0 Å². The quantitative estimate of drug-likeness (QED) is 0.781. The summed E-state index contributed by atoms with van der Waals surface area (Å²) in [6.07, 6.45) is 10.8. The molecule has 3 rings (SSSR count). The molecule has 0 spiro atoms. The SMILES string of the molecule is O=C([C@H]1CCOC1)N(CCCn1ccnc1)Cc1ccncc1. The molecule has 1 aliphatic rings. The van der Waals surface area contributed by atoms with Crippen molar-refractivity contribution in [2.24, 2.45) is 5.92 Å². The molecule has 1 saturated heterocycles. The maximum atomic E-state index is 12.8. The number of rotatable bonds is 7. The van der Waals surface area contributed by atoms with E-state index in [4.69, 9.17) is 4.74 Å². The van der Waals surface area contributed by atoms with Crippen LogP contribution in [0.5, 0.6) is 0 Å². The van der Waals surface area contributed by atoms with E-state index in [1.807, 2.05) is 27.8 Å². The Balaban J connectivity index is 1.61. The highest BCUT2D eigenvalue weighted by atomic mass is 16.5. The molecular weight excluding hydrogens is 292 g/mol. The fourth-order valence-electron chi connectivity index (χ4n) is 2.83. The zero-order valence-electron chi connectivity index (χ0n) is 13.2. The minimum Gasteiger partial charge on any atom is -0.381 e. The average Bonchev–Trinajstić information content (AvgIpc) is 3.28. The zero-order valence-corrected chi connectivity index (χ0v) is 13.2. The molecule has 1 atom stereocenters. The summed E-state index contributed by atoms with van der Waals surface area (Å²) in [5.74, 6) is 0.204.